The molecule has 4 rings (SSSR count). The van der Waals surface area contributed by atoms with Gasteiger partial charge in [-0.15, -0.1) is 11.3 Å². The Bertz CT molecular complexity index is 1200. The summed E-state index contributed by atoms with van der Waals surface area (Å²) in [6.07, 6.45) is 0. The number of benzene rings is 2. The van der Waals surface area contributed by atoms with Gasteiger partial charge in [-0.1, -0.05) is 35.9 Å². The van der Waals surface area contributed by atoms with E-state index in [9.17, 15) is 24.5 Å². The fraction of sp³-hybridized carbons (Fsp3) is 0.100. The Hall–Kier alpha value is -3.92. The Balaban J connectivity index is 1.48. The summed E-state index contributed by atoms with van der Waals surface area (Å²) in [6.45, 7) is 1.41. The van der Waals surface area contributed by atoms with Crippen molar-refractivity contribution in [2.45, 2.75) is 6.92 Å². The van der Waals surface area contributed by atoms with Crippen molar-refractivity contribution in [2.75, 3.05) is 11.9 Å². The van der Waals surface area contributed by atoms with Crippen molar-refractivity contribution in [3.8, 4) is 11.3 Å². The number of anilines is 1. The highest BCUT2D eigenvalue weighted by Gasteiger charge is 2.41. The molecule has 9 nitrogen and oxygen atoms in total. The van der Waals surface area contributed by atoms with E-state index in [0.717, 1.165) is 17.2 Å². The van der Waals surface area contributed by atoms with Gasteiger partial charge in [-0.05, 0) is 13.0 Å². The van der Waals surface area contributed by atoms with Crippen LogP contribution < -0.4 is 5.32 Å². The van der Waals surface area contributed by atoms with Gasteiger partial charge in [0.1, 0.15) is 12.1 Å². The number of carbonyl (C=O) groups excluding carboxylic acids is 3. The van der Waals surface area contributed by atoms with Gasteiger partial charge < -0.3 is 5.32 Å². The number of nitrogens with zero attached hydrogens (tertiary/aromatic N) is 3. The molecule has 10 heteroatoms. The fourth-order valence-corrected chi connectivity index (χ4v) is 3.84. The van der Waals surface area contributed by atoms with E-state index in [4.69, 9.17) is 0 Å². The first-order valence-corrected chi connectivity index (χ1v) is 9.69. The minimum atomic E-state index is -0.864. The molecule has 0 bridgehead atoms. The molecule has 1 aliphatic rings. The molecule has 0 fully saturated rings. The second-order valence-corrected chi connectivity index (χ2v) is 7.46. The van der Waals surface area contributed by atoms with Crippen LogP contribution in [0.2, 0.25) is 0 Å². The molecule has 1 aliphatic heterocycles. The Morgan fingerprint density at radius 3 is 2.60 bits per heavy atom. The van der Waals surface area contributed by atoms with Crippen molar-refractivity contribution < 1.29 is 19.3 Å². The van der Waals surface area contributed by atoms with Crippen molar-refractivity contribution in [2.24, 2.45) is 0 Å². The third-order valence-corrected chi connectivity index (χ3v) is 5.33. The molecule has 2 heterocycles. The highest BCUT2D eigenvalue weighted by atomic mass is 32.1. The smallest absolute Gasteiger partial charge is 0.282 e. The average Bonchev–Trinajstić information content (AvgIpc) is 3.27. The van der Waals surface area contributed by atoms with Crippen molar-refractivity contribution in [1.82, 2.24) is 9.88 Å². The number of nitrogens with one attached hydrogen (secondary N) is 1. The van der Waals surface area contributed by atoms with Gasteiger partial charge in [0.25, 0.3) is 17.5 Å². The zero-order valence-corrected chi connectivity index (χ0v) is 16.4. The number of amides is 3. The SMILES string of the molecule is Cc1ccc(-c2csc(NC(=O)CN3C(=O)c4cccc([N+](=O)[O-])c4C3=O)n2)cc1. The maximum Gasteiger partial charge on any atom is 0.282 e. The topological polar surface area (TPSA) is 123 Å². The van der Waals surface area contributed by atoms with Gasteiger partial charge in [0, 0.05) is 17.0 Å². The van der Waals surface area contributed by atoms with E-state index in [1.165, 1.54) is 23.5 Å². The minimum absolute atomic E-state index is 0.0853. The van der Waals surface area contributed by atoms with Crippen molar-refractivity contribution in [3.63, 3.8) is 0 Å². The molecule has 0 saturated heterocycles. The van der Waals surface area contributed by atoms with Crippen LogP contribution in [0.5, 0.6) is 0 Å². The summed E-state index contributed by atoms with van der Waals surface area (Å²) < 4.78 is 0. The van der Waals surface area contributed by atoms with Crippen LogP contribution in [0.1, 0.15) is 26.3 Å². The number of thiazole rings is 1. The molecule has 150 valence electrons. The van der Waals surface area contributed by atoms with Gasteiger partial charge in [0.15, 0.2) is 5.13 Å². The van der Waals surface area contributed by atoms with E-state index in [-0.39, 0.29) is 11.1 Å². The Morgan fingerprint density at radius 1 is 1.17 bits per heavy atom. The van der Waals surface area contributed by atoms with Crippen molar-refractivity contribution >= 4 is 39.9 Å². The van der Waals surface area contributed by atoms with Gasteiger partial charge in [-0.3, -0.25) is 29.4 Å². The number of hydrogen-bond acceptors (Lipinski definition) is 7. The Kier molecular flexibility index (Phi) is 4.84. The number of carbonyl (C=O) groups is 3. The molecule has 3 amide bonds. The summed E-state index contributed by atoms with van der Waals surface area (Å²) in [6, 6.07) is 11.5. The first-order chi connectivity index (χ1) is 14.3. The van der Waals surface area contributed by atoms with Gasteiger partial charge in [0.2, 0.25) is 5.91 Å². The average molecular weight is 422 g/mol. The summed E-state index contributed by atoms with van der Waals surface area (Å²) >= 11 is 1.21. The van der Waals surface area contributed by atoms with Crippen LogP contribution in [0, 0.1) is 17.0 Å². The highest BCUT2D eigenvalue weighted by Crippen LogP contribution is 2.31. The number of nitro groups is 1. The van der Waals surface area contributed by atoms with Crippen LogP contribution in [-0.2, 0) is 4.79 Å². The number of nitro benzene ring substituents is 1. The van der Waals surface area contributed by atoms with Gasteiger partial charge in [-0.25, -0.2) is 4.98 Å². The van der Waals surface area contributed by atoms with E-state index in [1.54, 1.807) is 5.38 Å². The molecule has 1 N–H and O–H groups in total. The van der Waals surface area contributed by atoms with Gasteiger partial charge >= 0.3 is 0 Å². The summed E-state index contributed by atoms with van der Waals surface area (Å²) in [5, 5.41) is 15.8. The van der Waals surface area contributed by atoms with Crippen LogP contribution in [0.3, 0.4) is 0 Å². The lowest BCUT2D eigenvalue weighted by Gasteiger charge is -2.12. The van der Waals surface area contributed by atoms with Gasteiger partial charge in [-0.2, -0.15) is 0 Å². The van der Waals surface area contributed by atoms with Crippen molar-refractivity contribution in [1.29, 1.82) is 0 Å². The maximum atomic E-state index is 12.5. The minimum Gasteiger partial charge on any atom is -0.300 e. The van der Waals surface area contributed by atoms with Crippen LogP contribution in [0.15, 0.2) is 47.8 Å². The van der Waals surface area contributed by atoms with E-state index < -0.39 is 34.9 Å². The lowest BCUT2D eigenvalue weighted by atomic mass is 10.1. The Morgan fingerprint density at radius 2 is 1.90 bits per heavy atom. The first kappa shape index (κ1) is 19.4. The molecule has 0 spiro atoms. The number of aromatic nitrogens is 1. The fourth-order valence-electron chi connectivity index (χ4n) is 3.10. The largest absolute Gasteiger partial charge is 0.300 e. The Labute approximate surface area is 174 Å². The van der Waals surface area contributed by atoms with E-state index in [1.807, 2.05) is 31.2 Å². The summed E-state index contributed by atoms with van der Waals surface area (Å²) in [7, 11) is 0. The third-order valence-electron chi connectivity index (χ3n) is 4.57. The molecule has 0 radical (unpaired) electrons. The molecule has 0 unspecified atom stereocenters. The normalized spacial score (nSPS) is 12.8. The monoisotopic (exact) mass is 422 g/mol. The van der Waals surface area contributed by atoms with E-state index in [2.05, 4.69) is 10.3 Å². The predicted molar refractivity (Wildman–Crippen MR) is 109 cm³/mol. The van der Waals surface area contributed by atoms with Crippen molar-refractivity contribution in [3.05, 3.63) is 74.6 Å². The van der Waals surface area contributed by atoms with E-state index in [0.29, 0.717) is 15.7 Å². The number of hydrogen-bond donors (Lipinski definition) is 1. The predicted octanol–water partition coefficient (Wildman–Crippen LogP) is 3.26. The molecule has 2 aromatic carbocycles. The number of aryl methyl sites for hydroxylation is 1. The lowest BCUT2D eigenvalue weighted by Crippen LogP contribution is -2.37. The molecular formula is C20H14N4O5S. The van der Waals surface area contributed by atoms with Gasteiger partial charge in [0.05, 0.1) is 16.2 Å². The molecule has 0 atom stereocenters. The second-order valence-electron chi connectivity index (χ2n) is 6.61. The summed E-state index contributed by atoms with van der Waals surface area (Å²) in [5.74, 6) is -2.23. The molecule has 30 heavy (non-hydrogen) atoms. The number of rotatable bonds is 5. The van der Waals surface area contributed by atoms with Crippen LogP contribution in [-0.4, -0.2) is 39.1 Å². The maximum absolute atomic E-state index is 12.5. The van der Waals surface area contributed by atoms with Crippen LogP contribution in [0.25, 0.3) is 11.3 Å². The first-order valence-electron chi connectivity index (χ1n) is 8.81. The molecule has 1 aromatic heterocycles. The standard InChI is InChI=1S/C20H14N4O5S/c1-11-5-7-12(8-6-11)14-10-30-20(21-14)22-16(25)9-23-18(26)13-3-2-4-15(24(28)29)17(13)19(23)27/h2-8,10H,9H2,1H3,(H,21,22,25). The summed E-state index contributed by atoms with van der Waals surface area (Å²) in [5.41, 5.74) is 1.85. The quantitative estimate of drug-likeness (QED) is 0.382. The summed E-state index contributed by atoms with van der Waals surface area (Å²) in [4.78, 5) is 52.9. The molecule has 0 aliphatic carbocycles. The number of fused-ring (bicyclic) bond motifs is 1. The van der Waals surface area contributed by atoms with Crippen LogP contribution in [0.4, 0.5) is 10.8 Å². The zero-order chi connectivity index (χ0) is 21.4. The van der Waals surface area contributed by atoms with E-state index >= 15 is 0 Å². The highest BCUT2D eigenvalue weighted by molar-refractivity contribution is 7.14. The molecule has 3 aromatic rings. The second kappa shape index (κ2) is 7.48. The molecule has 0 saturated carbocycles. The van der Waals surface area contributed by atoms with Crippen LogP contribution >= 0.6 is 11.3 Å². The number of imide groups is 1. The lowest BCUT2D eigenvalue weighted by molar-refractivity contribution is -0.385. The zero-order valence-electron chi connectivity index (χ0n) is 15.6. The molecular weight excluding hydrogens is 408 g/mol. The third kappa shape index (κ3) is 3.44.